The maximum absolute atomic E-state index is 11.9. The molecule has 0 amide bonds. The van der Waals surface area contributed by atoms with Crippen molar-refractivity contribution in [2.75, 3.05) is 0 Å². The van der Waals surface area contributed by atoms with Crippen LogP contribution in [0.3, 0.4) is 0 Å². The van der Waals surface area contributed by atoms with Gasteiger partial charge in [-0.05, 0) is 35.1 Å². The molecule has 4 rings (SSSR count). The number of benzene rings is 1. The minimum Gasteiger partial charge on any atom is -0.423 e. The first-order valence-electron chi connectivity index (χ1n) is 7.61. The Kier molecular flexibility index (Phi) is 4.08. The van der Waals surface area contributed by atoms with Gasteiger partial charge in [-0.3, -0.25) is 0 Å². The fraction of sp³-hybridized carbons (Fsp3) is 0.167. The number of rotatable bonds is 4. The van der Waals surface area contributed by atoms with Gasteiger partial charge < -0.3 is 4.42 Å². The van der Waals surface area contributed by atoms with Crippen LogP contribution >= 0.6 is 23.1 Å². The third-order valence-corrected chi connectivity index (χ3v) is 5.77. The standard InChI is InChI=1S/C18H14N2O2S2/c1-2-11-3-4-13-12(8-16(21)22-15(13)7-11)9-24-18-14-5-6-23-17(14)19-10-20-18/h3-8,10H,2,9H2,1H3. The lowest BCUT2D eigenvalue weighted by atomic mass is 10.1. The first-order valence-corrected chi connectivity index (χ1v) is 9.48. The van der Waals surface area contributed by atoms with Crippen molar-refractivity contribution in [3.8, 4) is 0 Å². The van der Waals surface area contributed by atoms with Crippen molar-refractivity contribution in [3.63, 3.8) is 0 Å². The minimum absolute atomic E-state index is 0.310. The zero-order chi connectivity index (χ0) is 16.5. The van der Waals surface area contributed by atoms with Gasteiger partial charge in [0, 0.05) is 22.6 Å². The van der Waals surface area contributed by atoms with E-state index in [0.29, 0.717) is 11.3 Å². The predicted octanol–water partition coefficient (Wildman–Crippen LogP) is 4.65. The van der Waals surface area contributed by atoms with Crippen molar-refractivity contribution in [2.24, 2.45) is 0 Å². The van der Waals surface area contributed by atoms with Gasteiger partial charge in [-0.1, -0.05) is 19.1 Å². The van der Waals surface area contributed by atoms with Crippen molar-refractivity contribution in [1.82, 2.24) is 9.97 Å². The molecule has 0 bridgehead atoms. The molecule has 24 heavy (non-hydrogen) atoms. The minimum atomic E-state index is -0.310. The Hall–Kier alpha value is -2.18. The van der Waals surface area contributed by atoms with Gasteiger partial charge >= 0.3 is 5.63 Å². The summed E-state index contributed by atoms with van der Waals surface area (Å²) in [5, 5.41) is 5.00. The molecule has 4 aromatic rings. The third-order valence-electron chi connectivity index (χ3n) is 3.89. The van der Waals surface area contributed by atoms with E-state index in [9.17, 15) is 4.79 Å². The highest BCUT2D eigenvalue weighted by Crippen LogP contribution is 2.31. The normalized spacial score (nSPS) is 11.4. The monoisotopic (exact) mass is 354 g/mol. The van der Waals surface area contributed by atoms with Crippen LogP contribution in [0.15, 0.2) is 56.3 Å². The van der Waals surface area contributed by atoms with Crippen LogP contribution in [0.2, 0.25) is 0 Å². The van der Waals surface area contributed by atoms with Gasteiger partial charge in [-0.25, -0.2) is 14.8 Å². The molecule has 6 heteroatoms. The Morgan fingerprint density at radius 2 is 2.08 bits per heavy atom. The molecule has 0 aliphatic rings. The highest BCUT2D eigenvalue weighted by Gasteiger charge is 2.10. The van der Waals surface area contributed by atoms with Gasteiger partial charge in [-0.2, -0.15) is 0 Å². The SMILES string of the molecule is CCc1ccc2c(CSc3ncnc4sccc34)cc(=O)oc2c1. The smallest absolute Gasteiger partial charge is 0.336 e. The van der Waals surface area contributed by atoms with E-state index in [1.54, 1.807) is 35.5 Å². The first kappa shape index (κ1) is 15.4. The van der Waals surface area contributed by atoms with Gasteiger partial charge in [0.15, 0.2) is 0 Å². The van der Waals surface area contributed by atoms with Gasteiger partial charge in [-0.15, -0.1) is 23.1 Å². The molecule has 1 aromatic carbocycles. The molecular formula is C18H14N2O2S2. The summed E-state index contributed by atoms with van der Waals surface area (Å²) in [6.45, 7) is 2.08. The van der Waals surface area contributed by atoms with Crippen LogP contribution < -0.4 is 5.63 Å². The number of hydrogen-bond acceptors (Lipinski definition) is 6. The third kappa shape index (κ3) is 2.83. The van der Waals surface area contributed by atoms with E-state index in [1.165, 1.54) is 0 Å². The second-order valence-corrected chi connectivity index (χ2v) is 7.24. The summed E-state index contributed by atoms with van der Waals surface area (Å²) < 4.78 is 5.37. The molecule has 0 N–H and O–H groups in total. The van der Waals surface area contributed by atoms with Crippen molar-refractivity contribution in [1.29, 1.82) is 0 Å². The molecule has 0 spiro atoms. The van der Waals surface area contributed by atoms with E-state index in [0.717, 1.165) is 38.2 Å². The zero-order valence-corrected chi connectivity index (χ0v) is 14.6. The van der Waals surface area contributed by atoms with Crippen LogP contribution in [0.4, 0.5) is 0 Å². The molecule has 120 valence electrons. The van der Waals surface area contributed by atoms with Gasteiger partial charge in [0.2, 0.25) is 0 Å². The lowest BCUT2D eigenvalue weighted by Gasteiger charge is -2.07. The largest absolute Gasteiger partial charge is 0.423 e. The van der Waals surface area contributed by atoms with E-state index >= 15 is 0 Å². The highest BCUT2D eigenvalue weighted by atomic mass is 32.2. The maximum atomic E-state index is 11.9. The van der Waals surface area contributed by atoms with Crippen molar-refractivity contribution >= 4 is 44.3 Å². The van der Waals surface area contributed by atoms with Crippen molar-refractivity contribution in [2.45, 2.75) is 24.1 Å². The molecule has 0 unspecified atom stereocenters. The second-order valence-electron chi connectivity index (χ2n) is 5.38. The number of aryl methyl sites for hydroxylation is 1. The van der Waals surface area contributed by atoms with Gasteiger partial charge in [0.1, 0.15) is 21.8 Å². The second kappa shape index (κ2) is 6.37. The molecule has 0 fully saturated rings. The molecule has 0 aliphatic heterocycles. The molecule has 0 radical (unpaired) electrons. The van der Waals surface area contributed by atoms with Crippen LogP contribution in [-0.2, 0) is 12.2 Å². The van der Waals surface area contributed by atoms with Crippen LogP contribution in [-0.4, -0.2) is 9.97 Å². The van der Waals surface area contributed by atoms with Crippen LogP contribution in [0.5, 0.6) is 0 Å². The summed E-state index contributed by atoms with van der Waals surface area (Å²) in [6, 6.07) is 9.68. The topological polar surface area (TPSA) is 56.0 Å². The number of nitrogens with zero attached hydrogens (tertiary/aromatic N) is 2. The Bertz CT molecular complexity index is 1090. The summed E-state index contributed by atoms with van der Waals surface area (Å²) in [7, 11) is 0. The Labute approximate surface area is 146 Å². The van der Waals surface area contributed by atoms with Crippen LogP contribution in [0, 0.1) is 0 Å². The van der Waals surface area contributed by atoms with Crippen LogP contribution in [0.25, 0.3) is 21.2 Å². The summed E-state index contributed by atoms with van der Waals surface area (Å²) in [5.41, 5.74) is 2.47. The predicted molar refractivity (Wildman–Crippen MR) is 98.8 cm³/mol. The molecule has 0 atom stereocenters. The summed E-state index contributed by atoms with van der Waals surface area (Å²) in [6.07, 6.45) is 2.50. The Balaban J connectivity index is 1.72. The average Bonchev–Trinajstić information content (AvgIpc) is 3.08. The number of aromatic nitrogens is 2. The zero-order valence-electron chi connectivity index (χ0n) is 13.0. The van der Waals surface area contributed by atoms with E-state index in [4.69, 9.17) is 4.42 Å². The van der Waals surface area contributed by atoms with Crippen LogP contribution in [0.1, 0.15) is 18.1 Å². The number of hydrogen-bond donors (Lipinski definition) is 0. The highest BCUT2D eigenvalue weighted by molar-refractivity contribution is 7.98. The van der Waals surface area contributed by atoms with E-state index in [-0.39, 0.29) is 5.63 Å². The Morgan fingerprint density at radius 3 is 2.96 bits per heavy atom. The molecule has 0 saturated carbocycles. The maximum Gasteiger partial charge on any atom is 0.336 e. The first-order chi connectivity index (χ1) is 11.7. The summed E-state index contributed by atoms with van der Waals surface area (Å²) >= 11 is 3.22. The van der Waals surface area contributed by atoms with E-state index in [1.807, 2.05) is 23.6 Å². The summed E-state index contributed by atoms with van der Waals surface area (Å²) in [5.74, 6) is 0.662. The number of thiophene rings is 1. The van der Waals surface area contributed by atoms with Gasteiger partial charge in [0.25, 0.3) is 0 Å². The summed E-state index contributed by atoms with van der Waals surface area (Å²) in [4.78, 5) is 21.5. The van der Waals surface area contributed by atoms with Gasteiger partial charge in [0.05, 0.1) is 0 Å². The van der Waals surface area contributed by atoms with Crippen molar-refractivity contribution < 1.29 is 4.42 Å². The molecule has 4 nitrogen and oxygen atoms in total. The quantitative estimate of drug-likeness (QED) is 0.303. The molecule has 3 heterocycles. The average molecular weight is 354 g/mol. The van der Waals surface area contributed by atoms with Crippen molar-refractivity contribution in [3.05, 3.63) is 63.6 Å². The number of fused-ring (bicyclic) bond motifs is 2. The Morgan fingerprint density at radius 1 is 1.17 bits per heavy atom. The van der Waals surface area contributed by atoms with E-state index in [2.05, 4.69) is 23.0 Å². The molecule has 0 saturated heterocycles. The molecule has 0 aliphatic carbocycles. The fourth-order valence-electron chi connectivity index (χ4n) is 2.64. The molecular weight excluding hydrogens is 340 g/mol. The lowest BCUT2D eigenvalue weighted by Crippen LogP contribution is -2.00. The lowest BCUT2D eigenvalue weighted by molar-refractivity contribution is 0.559. The van der Waals surface area contributed by atoms with E-state index < -0.39 is 0 Å². The molecule has 3 aromatic heterocycles. The number of thioether (sulfide) groups is 1. The fourth-order valence-corrected chi connectivity index (χ4v) is 4.41.